The Morgan fingerprint density at radius 3 is 2.65 bits per heavy atom. The van der Waals surface area contributed by atoms with Gasteiger partial charge in [0.25, 0.3) is 0 Å². The molecule has 1 aromatic heterocycles. The topological polar surface area (TPSA) is 43.4 Å². The lowest BCUT2D eigenvalue weighted by Crippen LogP contribution is -2.08. The molecular weight excluding hydrogens is 296 g/mol. The lowest BCUT2D eigenvalue weighted by Gasteiger charge is -2.16. The highest BCUT2D eigenvalue weighted by molar-refractivity contribution is 7.11. The van der Waals surface area contributed by atoms with E-state index in [1.165, 1.54) is 4.88 Å². The molecule has 0 saturated heterocycles. The van der Waals surface area contributed by atoms with Crippen molar-refractivity contribution in [1.29, 1.82) is 0 Å². The maximum absolute atomic E-state index is 6.27. The highest BCUT2D eigenvalue weighted by atomic mass is 35.5. The minimum Gasteiger partial charge on any atom is -0.454 e. The smallest absolute Gasteiger partial charge is 0.231 e. The molecule has 3 rings (SSSR count). The van der Waals surface area contributed by atoms with Crippen molar-refractivity contribution < 1.29 is 9.47 Å². The molecule has 2 aromatic rings. The van der Waals surface area contributed by atoms with E-state index in [0.717, 1.165) is 22.1 Å². The Hall–Kier alpha value is -1.46. The van der Waals surface area contributed by atoms with Crippen molar-refractivity contribution in [2.75, 3.05) is 12.1 Å². The zero-order chi connectivity index (χ0) is 14.3. The number of aromatic nitrogens is 1. The first-order valence-corrected chi connectivity index (χ1v) is 7.53. The number of hydrogen-bond donors (Lipinski definition) is 1. The summed E-state index contributed by atoms with van der Waals surface area (Å²) in [7, 11) is 0. The summed E-state index contributed by atoms with van der Waals surface area (Å²) < 4.78 is 10.7. The molecule has 0 aliphatic carbocycles. The largest absolute Gasteiger partial charge is 0.454 e. The summed E-state index contributed by atoms with van der Waals surface area (Å²) >= 11 is 7.97. The monoisotopic (exact) mass is 310 g/mol. The molecule has 0 bridgehead atoms. The van der Waals surface area contributed by atoms with Crippen molar-refractivity contribution in [2.45, 2.75) is 26.8 Å². The normalized spacial score (nSPS) is 14.4. The van der Waals surface area contributed by atoms with Crippen LogP contribution in [-0.2, 0) is 0 Å². The molecule has 1 aromatic carbocycles. The molecule has 106 valence electrons. The van der Waals surface area contributed by atoms with Gasteiger partial charge >= 0.3 is 0 Å². The maximum atomic E-state index is 6.27. The van der Waals surface area contributed by atoms with Crippen LogP contribution in [0, 0.1) is 13.8 Å². The quantitative estimate of drug-likeness (QED) is 0.917. The fourth-order valence-corrected chi connectivity index (χ4v) is 3.40. The Kier molecular flexibility index (Phi) is 3.48. The molecule has 6 heteroatoms. The van der Waals surface area contributed by atoms with Crippen molar-refractivity contribution in [3.05, 3.63) is 32.7 Å². The second-order valence-electron chi connectivity index (χ2n) is 4.73. The number of nitrogens with zero attached hydrogens (tertiary/aromatic N) is 1. The molecule has 1 aliphatic rings. The van der Waals surface area contributed by atoms with Crippen LogP contribution in [0.1, 0.15) is 28.5 Å². The maximum Gasteiger partial charge on any atom is 0.231 e. The summed E-state index contributed by atoms with van der Waals surface area (Å²) in [6.45, 7) is 6.42. The summed E-state index contributed by atoms with van der Waals surface area (Å²) in [5, 5.41) is 5.08. The van der Waals surface area contributed by atoms with Gasteiger partial charge in [0, 0.05) is 17.0 Å². The third-order valence-electron chi connectivity index (χ3n) is 3.18. The predicted octanol–water partition coefficient (Wildman–Crippen LogP) is 4.32. The van der Waals surface area contributed by atoms with Crippen molar-refractivity contribution in [3.63, 3.8) is 0 Å². The number of benzene rings is 1. The van der Waals surface area contributed by atoms with E-state index in [0.29, 0.717) is 10.8 Å². The number of ether oxygens (including phenoxy) is 2. The van der Waals surface area contributed by atoms with Crippen LogP contribution in [-0.4, -0.2) is 11.8 Å². The summed E-state index contributed by atoms with van der Waals surface area (Å²) in [4.78, 5) is 5.79. The van der Waals surface area contributed by atoms with Crippen LogP contribution in [0.25, 0.3) is 0 Å². The number of aryl methyl sites for hydroxylation is 2. The van der Waals surface area contributed by atoms with Gasteiger partial charge < -0.3 is 14.8 Å². The number of hydrogen-bond acceptors (Lipinski definition) is 5. The van der Waals surface area contributed by atoms with Gasteiger partial charge in [-0.3, -0.25) is 0 Å². The van der Waals surface area contributed by atoms with Gasteiger partial charge in [0.2, 0.25) is 6.79 Å². The number of halogens is 1. The lowest BCUT2D eigenvalue weighted by atomic mass is 10.2. The van der Waals surface area contributed by atoms with Crippen molar-refractivity contribution >= 4 is 28.6 Å². The molecule has 20 heavy (non-hydrogen) atoms. The van der Waals surface area contributed by atoms with Gasteiger partial charge in [-0.2, -0.15) is 0 Å². The molecule has 0 radical (unpaired) electrons. The fourth-order valence-electron chi connectivity index (χ4n) is 2.28. The number of nitrogens with one attached hydrogen (secondary N) is 1. The van der Waals surface area contributed by atoms with Gasteiger partial charge in [0.1, 0.15) is 0 Å². The number of anilines is 1. The molecule has 0 amide bonds. The molecular formula is C14H15ClN2O2S. The van der Waals surface area contributed by atoms with E-state index in [1.54, 1.807) is 17.4 Å². The van der Waals surface area contributed by atoms with E-state index < -0.39 is 0 Å². The lowest BCUT2D eigenvalue weighted by molar-refractivity contribution is 0.174. The highest BCUT2D eigenvalue weighted by Gasteiger charge is 2.19. The summed E-state index contributed by atoms with van der Waals surface area (Å²) in [6, 6.07) is 3.73. The minimum absolute atomic E-state index is 0.0813. The Labute approximate surface area is 126 Å². The zero-order valence-electron chi connectivity index (χ0n) is 11.5. The minimum atomic E-state index is 0.0813. The third kappa shape index (κ3) is 2.43. The first-order chi connectivity index (χ1) is 9.54. The number of rotatable bonds is 3. The molecule has 1 unspecified atom stereocenters. The zero-order valence-corrected chi connectivity index (χ0v) is 13.1. The second-order valence-corrected chi connectivity index (χ2v) is 6.54. The molecule has 1 N–H and O–H groups in total. The van der Waals surface area contributed by atoms with Crippen molar-refractivity contribution in [1.82, 2.24) is 4.98 Å². The van der Waals surface area contributed by atoms with E-state index in [4.69, 9.17) is 21.1 Å². The molecule has 0 fully saturated rings. The van der Waals surface area contributed by atoms with Crippen molar-refractivity contribution in [3.8, 4) is 11.5 Å². The van der Waals surface area contributed by atoms with Gasteiger partial charge in [0.15, 0.2) is 11.5 Å². The van der Waals surface area contributed by atoms with Crippen LogP contribution in [0.4, 0.5) is 5.69 Å². The van der Waals surface area contributed by atoms with Crippen LogP contribution in [0.15, 0.2) is 12.1 Å². The average Bonchev–Trinajstić information content (AvgIpc) is 2.95. The SMILES string of the molecule is Cc1nc(C(C)Nc2cc3c(cc2Cl)OCO3)c(C)s1. The molecule has 2 heterocycles. The Morgan fingerprint density at radius 1 is 1.30 bits per heavy atom. The van der Waals surface area contributed by atoms with Crippen LogP contribution in [0.5, 0.6) is 11.5 Å². The van der Waals surface area contributed by atoms with E-state index in [1.807, 2.05) is 13.0 Å². The highest BCUT2D eigenvalue weighted by Crippen LogP contribution is 2.40. The van der Waals surface area contributed by atoms with Crippen LogP contribution in [0.2, 0.25) is 5.02 Å². The second kappa shape index (κ2) is 5.14. The molecule has 1 atom stereocenters. The van der Waals surface area contributed by atoms with Gasteiger partial charge in [-0.05, 0) is 20.8 Å². The van der Waals surface area contributed by atoms with E-state index in [-0.39, 0.29) is 12.8 Å². The first-order valence-electron chi connectivity index (χ1n) is 6.34. The Bertz CT molecular complexity index is 657. The number of thiazole rings is 1. The van der Waals surface area contributed by atoms with Gasteiger partial charge in [-0.15, -0.1) is 11.3 Å². The van der Waals surface area contributed by atoms with Crippen LogP contribution < -0.4 is 14.8 Å². The molecule has 4 nitrogen and oxygen atoms in total. The van der Waals surface area contributed by atoms with Crippen molar-refractivity contribution in [2.24, 2.45) is 0 Å². The predicted molar refractivity (Wildman–Crippen MR) is 81.2 cm³/mol. The molecule has 0 saturated carbocycles. The van der Waals surface area contributed by atoms with Gasteiger partial charge in [-0.25, -0.2) is 4.98 Å². The van der Waals surface area contributed by atoms with Gasteiger partial charge in [0.05, 0.1) is 27.5 Å². The Balaban J connectivity index is 1.86. The Morgan fingerprint density at radius 2 is 2.00 bits per heavy atom. The summed E-state index contributed by atoms with van der Waals surface area (Å²) in [5.41, 5.74) is 1.88. The van der Waals surface area contributed by atoms with E-state index in [2.05, 4.69) is 24.1 Å². The van der Waals surface area contributed by atoms with E-state index >= 15 is 0 Å². The average molecular weight is 311 g/mol. The fraction of sp³-hybridized carbons (Fsp3) is 0.357. The third-order valence-corrected chi connectivity index (χ3v) is 4.40. The summed E-state index contributed by atoms with van der Waals surface area (Å²) in [6.07, 6.45) is 0. The van der Waals surface area contributed by atoms with Gasteiger partial charge in [-0.1, -0.05) is 11.6 Å². The molecule has 1 aliphatic heterocycles. The van der Waals surface area contributed by atoms with Crippen LogP contribution in [0.3, 0.4) is 0 Å². The summed E-state index contributed by atoms with van der Waals surface area (Å²) in [5.74, 6) is 1.41. The molecule has 0 spiro atoms. The number of fused-ring (bicyclic) bond motifs is 1. The van der Waals surface area contributed by atoms with Crippen LogP contribution >= 0.6 is 22.9 Å². The standard InChI is InChI=1S/C14H15ClN2O2S/c1-7(14-8(2)20-9(3)17-14)16-11-5-13-12(4-10(11)15)18-6-19-13/h4-5,7,16H,6H2,1-3H3. The van der Waals surface area contributed by atoms with E-state index in [9.17, 15) is 0 Å². The first kappa shape index (κ1) is 13.5.